The molecule has 0 bridgehead atoms. The fourth-order valence-electron chi connectivity index (χ4n) is 1.76. The smallest absolute Gasteiger partial charge is 0.167 e. The van der Waals surface area contributed by atoms with E-state index in [-0.39, 0.29) is 0 Å². The van der Waals surface area contributed by atoms with Crippen LogP contribution in [0.2, 0.25) is 0 Å². The van der Waals surface area contributed by atoms with Gasteiger partial charge in [0, 0.05) is 44.0 Å². The summed E-state index contributed by atoms with van der Waals surface area (Å²) in [5.41, 5.74) is 3.15. The van der Waals surface area contributed by atoms with E-state index in [4.69, 9.17) is 4.52 Å². The zero-order valence-electron chi connectivity index (χ0n) is 12.0. The lowest BCUT2D eigenvalue weighted by molar-refractivity contribution is 0.417. The summed E-state index contributed by atoms with van der Waals surface area (Å²) in [6.07, 6.45) is 0. The number of nitrogens with zero attached hydrogens (tertiary/aromatic N) is 2. The van der Waals surface area contributed by atoms with Crippen molar-refractivity contribution in [2.45, 2.75) is 26.4 Å². The van der Waals surface area contributed by atoms with Gasteiger partial charge in [-0.25, -0.2) is 0 Å². The Morgan fingerprint density at radius 1 is 1.21 bits per heavy atom. The van der Waals surface area contributed by atoms with Gasteiger partial charge in [-0.1, -0.05) is 19.0 Å². The van der Waals surface area contributed by atoms with Crippen LogP contribution in [0, 0.1) is 0 Å². The normalized spacial score (nSPS) is 11.0. The Kier molecular flexibility index (Phi) is 4.22. The fraction of sp³-hybridized carbons (Fsp3) is 0.400. The van der Waals surface area contributed by atoms with Gasteiger partial charge in [0.2, 0.25) is 0 Å². The lowest BCUT2D eigenvalue weighted by Crippen LogP contribution is -2.21. The van der Waals surface area contributed by atoms with Crippen molar-refractivity contribution < 1.29 is 4.52 Å². The molecule has 0 saturated carbocycles. The minimum Gasteiger partial charge on any atom is -0.378 e. The van der Waals surface area contributed by atoms with Gasteiger partial charge in [-0.3, -0.25) is 0 Å². The van der Waals surface area contributed by atoms with Crippen molar-refractivity contribution >= 4 is 5.69 Å². The standard InChI is InChI=1S/C15H21N3O/c1-11(2)16-10-13-9-15(19-17-13)12-5-7-14(8-6-12)18(3)4/h5-9,11,16H,10H2,1-4H3. The third-order valence-electron chi connectivity index (χ3n) is 2.92. The van der Waals surface area contributed by atoms with Crippen LogP contribution >= 0.6 is 0 Å². The van der Waals surface area contributed by atoms with Crippen molar-refractivity contribution in [2.24, 2.45) is 0 Å². The van der Waals surface area contributed by atoms with Gasteiger partial charge in [0.05, 0.1) is 5.69 Å². The number of rotatable bonds is 5. The highest BCUT2D eigenvalue weighted by Gasteiger charge is 2.07. The maximum atomic E-state index is 5.38. The Labute approximate surface area is 114 Å². The predicted octanol–water partition coefficient (Wildman–Crippen LogP) is 2.91. The molecule has 4 heteroatoms. The Morgan fingerprint density at radius 3 is 2.47 bits per heavy atom. The Bertz CT molecular complexity index is 514. The zero-order valence-corrected chi connectivity index (χ0v) is 12.0. The van der Waals surface area contributed by atoms with Crippen LogP contribution in [0.4, 0.5) is 5.69 Å². The van der Waals surface area contributed by atoms with E-state index in [0.717, 1.165) is 23.6 Å². The molecule has 0 unspecified atom stereocenters. The summed E-state index contributed by atoms with van der Waals surface area (Å²) in [6, 6.07) is 10.7. The highest BCUT2D eigenvalue weighted by molar-refractivity contribution is 5.61. The van der Waals surface area contributed by atoms with E-state index >= 15 is 0 Å². The van der Waals surface area contributed by atoms with Gasteiger partial charge >= 0.3 is 0 Å². The largest absolute Gasteiger partial charge is 0.378 e. The number of nitrogens with one attached hydrogen (secondary N) is 1. The first-order valence-electron chi connectivity index (χ1n) is 6.53. The summed E-state index contributed by atoms with van der Waals surface area (Å²) in [5.74, 6) is 0.811. The molecule has 102 valence electrons. The Morgan fingerprint density at radius 2 is 1.89 bits per heavy atom. The maximum absolute atomic E-state index is 5.38. The molecule has 2 aromatic rings. The van der Waals surface area contributed by atoms with Gasteiger partial charge in [-0.2, -0.15) is 0 Å². The average molecular weight is 259 g/mol. The van der Waals surface area contributed by atoms with E-state index in [1.165, 1.54) is 5.69 Å². The van der Waals surface area contributed by atoms with Gasteiger partial charge in [0.15, 0.2) is 5.76 Å². The average Bonchev–Trinajstić information content (AvgIpc) is 2.85. The molecule has 0 aliphatic heterocycles. The van der Waals surface area contributed by atoms with Crippen LogP contribution in [0.3, 0.4) is 0 Å². The molecule has 0 saturated heterocycles. The van der Waals surface area contributed by atoms with E-state index in [0.29, 0.717) is 6.04 Å². The Hall–Kier alpha value is -1.81. The van der Waals surface area contributed by atoms with Gasteiger partial charge in [-0.15, -0.1) is 0 Å². The lowest BCUT2D eigenvalue weighted by Gasteiger charge is -2.11. The van der Waals surface area contributed by atoms with Crippen LogP contribution in [0.15, 0.2) is 34.9 Å². The second kappa shape index (κ2) is 5.89. The fourth-order valence-corrected chi connectivity index (χ4v) is 1.76. The molecule has 0 spiro atoms. The second-order valence-corrected chi connectivity index (χ2v) is 5.16. The molecule has 4 nitrogen and oxygen atoms in total. The van der Waals surface area contributed by atoms with E-state index in [2.05, 4.69) is 53.5 Å². The second-order valence-electron chi connectivity index (χ2n) is 5.16. The zero-order chi connectivity index (χ0) is 13.8. The topological polar surface area (TPSA) is 41.3 Å². The number of hydrogen-bond acceptors (Lipinski definition) is 4. The third kappa shape index (κ3) is 3.58. The van der Waals surface area contributed by atoms with Crippen LogP contribution in [0.5, 0.6) is 0 Å². The highest BCUT2D eigenvalue weighted by Crippen LogP contribution is 2.23. The minimum atomic E-state index is 0.444. The van der Waals surface area contributed by atoms with Gasteiger partial charge < -0.3 is 14.7 Å². The van der Waals surface area contributed by atoms with Crippen LogP contribution in [-0.2, 0) is 6.54 Å². The van der Waals surface area contributed by atoms with Crippen LogP contribution in [0.25, 0.3) is 11.3 Å². The molecule has 0 atom stereocenters. The summed E-state index contributed by atoms with van der Waals surface area (Å²) < 4.78 is 5.38. The Balaban J connectivity index is 2.09. The number of anilines is 1. The quantitative estimate of drug-likeness (QED) is 0.896. The summed E-state index contributed by atoms with van der Waals surface area (Å²) >= 11 is 0. The summed E-state index contributed by atoms with van der Waals surface area (Å²) in [6.45, 7) is 4.96. The molecule has 0 amide bonds. The first kappa shape index (κ1) is 13.6. The third-order valence-corrected chi connectivity index (χ3v) is 2.92. The molecule has 0 aliphatic rings. The van der Waals surface area contributed by atoms with Crippen molar-refractivity contribution in [1.82, 2.24) is 10.5 Å². The van der Waals surface area contributed by atoms with Crippen LogP contribution in [-0.4, -0.2) is 25.3 Å². The van der Waals surface area contributed by atoms with E-state index in [9.17, 15) is 0 Å². The summed E-state index contributed by atoms with van der Waals surface area (Å²) in [5, 5.41) is 7.40. The van der Waals surface area contributed by atoms with Crippen molar-refractivity contribution in [3.05, 3.63) is 36.0 Å². The highest BCUT2D eigenvalue weighted by atomic mass is 16.5. The molecule has 1 aromatic carbocycles. The molecule has 0 fully saturated rings. The van der Waals surface area contributed by atoms with Gasteiger partial charge in [0.1, 0.15) is 0 Å². The van der Waals surface area contributed by atoms with E-state index in [1.807, 2.05) is 20.2 Å². The van der Waals surface area contributed by atoms with Crippen molar-refractivity contribution in [1.29, 1.82) is 0 Å². The minimum absolute atomic E-state index is 0.444. The molecule has 1 aromatic heterocycles. The predicted molar refractivity (Wildman–Crippen MR) is 78.2 cm³/mol. The van der Waals surface area contributed by atoms with Crippen molar-refractivity contribution in [3.8, 4) is 11.3 Å². The SMILES string of the molecule is CC(C)NCc1cc(-c2ccc(N(C)C)cc2)on1. The molecular weight excluding hydrogens is 238 g/mol. The van der Waals surface area contributed by atoms with Crippen molar-refractivity contribution in [3.63, 3.8) is 0 Å². The van der Waals surface area contributed by atoms with Crippen LogP contribution in [0.1, 0.15) is 19.5 Å². The molecule has 0 radical (unpaired) electrons. The summed E-state index contributed by atoms with van der Waals surface area (Å²) in [4.78, 5) is 2.07. The van der Waals surface area contributed by atoms with Crippen molar-refractivity contribution in [2.75, 3.05) is 19.0 Å². The number of aromatic nitrogens is 1. The first-order valence-corrected chi connectivity index (χ1v) is 6.53. The van der Waals surface area contributed by atoms with Gasteiger partial charge in [-0.05, 0) is 24.3 Å². The molecule has 1 heterocycles. The maximum Gasteiger partial charge on any atom is 0.167 e. The van der Waals surface area contributed by atoms with E-state index < -0.39 is 0 Å². The number of hydrogen-bond donors (Lipinski definition) is 1. The first-order chi connectivity index (χ1) is 9.06. The molecule has 1 N–H and O–H groups in total. The van der Waals surface area contributed by atoms with Gasteiger partial charge in [0.25, 0.3) is 0 Å². The molecular formula is C15H21N3O. The summed E-state index contributed by atoms with van der Waals surface area (Å²) in [7, 11) is 4.05. The lowest BCUT2D eigenvalue weighted by atomic mass is 10.1. The monoisotopic (exact) mass is 259 g/mol. The molecule has 19 heavy (non-hydrogen) atoms. The molecule has 0 aliphatic carbocycles. The number of benzene rings is 1. The molecule has 2 rings (SSSR count). The van der Waals surface area contributed by atoms with Crippen LogP contribution < -0.4 is 10.2 Å². The van der Waals surface area contributed by atoms with E-state index in [1.54, 1.807) is 0 Å².